The third kappa shape index (κ3) is 3.02. The molecule has 5 heteroatoms. The second kappa shape index (κ2) is 5.64. The number of hydrogen-bond donors (Lipinski definition) is 1. The van der Waals surface area contributed by atoms with Gasteiger partial charge in [0, 0.05) is 30.0 Å². The fraction of sp³-hybridized carbons (Fsp3) is 0.625. The minimum Gasteiger partial charge on any atom is -0.382 e. The molecule has 2 fully saturated rings. The number of nitrogens with one attached hydrogen (secondary N) is 1. The van der Waals surface area contributed by atoms with Crippen molar-refractivity contribution >= 4 is 11.4 Å². The van der Waals surface area contributed by atoms with E-state index in [9.17, 15) is 10.1 Å². The summed E-state index contributed by atoms with van der Waals surface area (Å²) < 4.78 is 6.04. The van der Waals surface area contributed by atoms with E-state index in [1.807, 2.05) is 12.1 Å². The van der Waals surface area contributed by atoms with Gasteiger partial charge in [-0.15, -0.1) is 0 Å². The Labute approximate surface area is 124 Å². The SMILES string of the molecule is Cc1cc(NC2CCOC3(CCCC3)C2)ccc1[N+](=O)[O-]. The maximum atomic E-state index is 10.9. The van der Waals surface area contributed by atoms with Crippen molar-refractivity contribution in [2.24, 2.45) is 0 Å². The molecule has 21 heavy (non-hydrogen) atoms. The Morgan fingerprint density at radius 1 is 1.38 bits per heavy atom. The molecular formula is C16H22N2O3. The van der Waals surface area contributed by atoms with Crippen LogP contribution in [0.25, 0.3) is 0 Å². The molecule has 1 aromatic carbocycles. The summed E-state index contributed by atoms with van der Waals surface area (Å²) in [4.78, 5) is 10.5. The van der Waals surface area contributed by atoms with Gasteiger partial charge in [-0.2, -0.15) is 0 Å². The van der Waals surface area contributed by atoms with E-state index in [0.29, 0.717) is 11.6 Å². The smallest absolute Gasteiger partial charge is 0.272 e. The van der Waals surface area contributed by atoms with Gasteiger partial charge >= 0.3 is 0 Å². The van der Waals surface area contributed by atoms with Gasteiger partial charge in [-0.1, -0.05) is 12.8 Å². The average Bonchev–Trinajstić information content (AvgIpc) is 2.86. The number of nitrogens with zero attached hydrogens (tertiary/aromatic N) is 1. The van der Waals surface area contributed by atoms with Crippen molar-refractivity contribution in [2.45, 2.75) is 57.1 Å². The lowest BCUT2D eigenvalue weighted by atomic mass is 9.89. The van der Waals surface area contributed by atoms with Crippen LogP contribution in [0.3, 0.4) is 0 Å². The summed E-state index contributed by atoms with van der Waals surface area (Å²) in [5.41, 5.74) is 1.94. The summed E-state index contributed by atoms with van der Waals surface area (Å²) in [5.74, 6) is 0. The molecule has 0 aromatic heterocycles. The first-order valence-electron chi connectivity index (χ1n) is 7.74. The van der Waals surface area contributed by atoms with E-state index in [1.54, 1.807) is 13.0 Å². The Balaban J connectivity index is 1.68. The minimum atomic E-state index is -0.332. The highest BCUT2D eigenvalue weighted by Crippen LogP contribution is 2.40. The van der Waals surface area contributed by atoms with Crippen LogP contribution in [0.5, 0.6) is 0 Å². The molecule has 0 amide bonds. The van der Waals surface area contributed by atoms with Gasteiger partial charge in [0.15, 0.2) is 0 Å². The van der Waals surface area contributed by atoms with Gasteiger partial charge in [-0.25, -0.2) is 0 Å². The largest absolute Gasteiger partial charge is 0.382 e. The molecule has 5 nitrogen and oxygen atoms in total. The van der Waals surface area contributed by atoms with Crippen molar-refractivity contribution in [1.82, 2.24) is 0 Å². The maximum absolute atomic E-state index is 10.9. The van der Waals surface area contributed by atoms with Gasteiger partial charge in [-0.3, -0.25) is 10.1 Å². The fourth-order valence-electron chi connectivity index (χ4n) is 3.70. The molecule has 0 bridgehead atoms. The molecule has 1 aliphatic carbocycles. The van der Waals surface area contributed by atoms with E-state index in [4.69, 9.17) is 4.74 Å². The summed E-state index contributed by atoms with van der Waals surface area (Å²) in [6.45, 7) is 2.59. The molecule has 1 saturated carbocycles. The first kappa shape index (κ1) is 14.3. The normalized spacial score (nSPS) is 24.1. The number of ether oxygens (including phenoxy) is 1. The van der Waals surface area contributed by atoms with E-state index in [1.165, 1.54) is 25.7 Å². The predicted molar refractivity (Wildman–Crippen MR) is 81.6 cm³/mol. The Bertz CT molecular complexity index is 538. The molecule has 114 valence electrons. The van der Waals surface area contributed by atoms with E-state index < -0.39 is 0 Å². The van der Waals surface area contributed by atoms with Crippen LogP contribution in [-0.2, 0) is 4.74 Å². The van der Waals surface area contributed by atoms with Gasteiger partial charge in [-0.05, 0) is 44.7 Å². The van der Waals surface area contributed by atoms with Gasteiger partial charge in [0.1, 0.15) is 0 Å². The second-order valence-corrected chi connectivity index (χ2v) is 6.33. The van der Waals surface area contributed by atoms with E-state index in [2.05, 4.69) is 5.32 Å². The third-order valence-electron chi connectivity index (χ3n) is 4.77. The average molecular weight is 290 g/mol. The lowest BCUT2D eigenvalue weighted by molar-refractivity contribution is -0.385. The van der Waals surface area contributed by atoms with Crippen LogP contribution in [0.1, 0.15) is 44.1 Å². The van der Waals surface area contributed by atoms with Crippen LogP contribution in [0, 0.1) is 17.0 Å². The summed E-state index contributed by atoms with van der Waals surface area (Å²) in [6.07, 6.45) is 6.92. The number of rotatable bonds is 3. The number of nitro groups is 1. The number of anilines is 1. The number of aryl methyl sites for hydroxylation is 1. The van der Waals surface area contributed by atoms with E-state index in [-0.39, 0.29) is 16.2 Å². The lowest BCUT2D eigenvalue weighted by Crippen LogP contribution is -2.42. The first-order valence-corrected chi connectivity index (χ1v) is 7.74. The summed E-state index contributed by atoms with van der Waals surface area (Å²) in [7, 11) is 0. The molecular weight excluding hydrogens is 268 g/mol. The zero-order valence-corrected chi connectivity index (χ0v) is 12.4. The monoisotopic (exact) mass is 290 g/mol. The van der Waals surface area contributed by atoms with Crippen LogP contribution >= 0.6 is 0 Å². The van der Waals surface area contributed by atoms with Crippen molar-refractivity contribution in [3.8, 4) is 0 Å². The standard InChI is InChI=1S/C16H22N2O3/c1-12-10-13(4-5-15(12)18(19)20)17-14-6-9-21-16(11-14)7-2-3-8-16/h4-5,10,14,17H,2-3,6-9,11H2,1H3. The molecule has 0 radical (unpaired) electrons. The van der Waals surface area contributed by atoms with Crippen LogP contribution in [0.15, 0.2) is 18.2 Å². The Kier molecular flexibility index (Phi) is 3.85. The molecule has 3 rings (SSSR count). The van der Waals surface area contributed by atoms with Crippen molar-refractivity contribution in [1.29, 1.82) is 0 Å². The van der Waals surface area contributed by atoms with Crippen LogP contribution in [0.4, 0.5) is 11.4 Å². The molecule has 1 heterocycles. The van der Waals surface area contributed by atoms with Crippen LogP contribution < -0.4 is 5.32 Å². The van der Waals surface area contributed by atoms with Gasteiger partial charge in [0.2, 0.25) is 0 Å². The molecule has 1 aromatic rings. The van der Waals surface area contributed by atoms with Gasteiger partial charge < -0.3 is 10.1 Å². The van der Waals surface area contributed by atoms with E-state index in [0.717, 1.165) is 25.1 Å². The molecule has 1 spiro atoms. The molecule has 1 saturated heterocycles. The summed E-state index contributed by atoms with van der Waals surface area (Å²) >= 11 is 0. The Morgan fingerprint density at radius 3 is 2.81 bits per heavy atom. The fourth-order valence-corrected chi connectivity index (χ4v) is 3.70. The third-order valence-corrected chi connectivity index (χ3v) is 4.77. The Morgan fingerprint density at radius 2 is 2.14 bits per heavy atom. The molecule has 1 N–H and O–H groups in total. The molecule has 1 aliphatic heterocycles. The van der Waals surface area contributed by atoms with Crippen LogP contribution in [-0.4, -0.2) is 23.2 Å². The van der Waals surface area contributed by atoms with E-state index >= 15 is 0 Å². The van der Waals surface area contributed by atoms with Gasteiger partial charge in [0.05, 0.1) is 10.5 Å². The molecule has 1 unspecified atom stereocenters. The Hall–Kier alpha value is -1.62. The van der Waals surface area contributed by atoms with Crippen molar-refractivity contribution in [3.05, 3.63) is 33.9 Å². The zero-order valence-electron chi connectivity index (χ0n) is 12.4. The summed E-state index contributed by atoms with van der Waals surface area (Å²) in [5, 5.41) is 14.4. The van der Waals surface area contributed by atoms with Gasteiger partial charge in [0.25, 0.3) is 5.69 Å². The maximum Gasteiger partial charge on any atom is 0.272 e. The number of benzene rings is 1. The zero-order chi connectivity index (χ0) is 14.9. The number of hydrogen-bond acceptors (Lipinski definition) is 4. The van der Waals surface area contributed by atoms with Crippen molar-refractivity contribution < 1.29 is 9.66 Å². The predicted octanol–water partition coefficient (Wildman–Crippen LogP) is 3.81. The highest BCUT2D eigenvalue weighted by Gasteiger charge is 2.39. The highest BCUT2D eigenvalue weighted by molar-refractivity contribution is 5.54. The summed E-state index contributed by atoms with van der Waals surface area (Å²) in [6, 6.07) is 5.66. The first-order chi connectivity index (χ1) is 10.1. The van der Waals surface area contributed by atoms with Crippen molar-refractivity contribution in [2.75, 3.05) is 11.9 Å². The highest BCUT2D eigenvalue weighted by atomic mass is 16.6. The van der Waals surface area contributed by atoms with Crippen LogP contribution in [0.2, 0.25) is 0 Å². The van der Waals surface area contributed by atoms with Crippen molar-refractivity contribution in [3.63, 3.8) is 0 Å². The minimum absolute atomic E-state index is 0.0890. The quantitative estimate of drug-likeness (QED) is 0.679. The second-order valence-electron chi connectivity index (χ2n) is 6.33. The lowest BCUT2D eigenvalue weighted by Gasteiger charge is -2.39. The molecule has 2 aliphatic rings. The number of nitro benzene ring substituents is 1. The topological polar surface area (TPSA) is 64.4 Å². The molecule has 1 atom stereocenters.